The summed E-state index contributed by atoms with van der Waals surface area (Å²) in [4.78, 5) is 20.4. The lowest BCUT2D eigenvalue weighted by molar-refractivity contribution is -0.123. The van der Waals surface area contributed by atoms with Crippen molar-refractivity contribution < 1.29 is 27.4 Å². The number of halogens is 2. The molecule has 0 aliphatic heterocycles. The third-order valence-electron chi connectivity index (χ3n) is 4.40. The molecule has 7 N–H and O–H groups in total. The van der Waals surface area contributed by atoms with E-state index in [0.29, 0.717) is 16.5 Å². The van der Waals surface area contributed by atoms with Gasteiger partial charge in [0.05, 0.1) is 21.0 Å². The number of thiol groups is 1. The minimum absolute atomic E-state index is 0. The molecule has 186 valence electrons. The maximum atomic E-state index is 14.2. The lowest BCUT2D eigenvalue weighted by Crippen LogP contribution is -2.28. The van der Waals surface area contributed by atoms with Crippen LogP contribution in [-0.2, 0) is 4.79 Å². The predicted molar refractivity (Wildman–Crippen MR) is 140 cm³/mol. The SMILES string of the molecule is CC(C)(C)C(=O)Nc1ncc2cc(-c3c(F)ccc(N)c3F)ccc2n1.O.O.Sc1cccs1.[HH].[HH]. The van der Waals surface area contributed by atoms with E-state index >= 15 is 0 Å². The van der Waals surface area contributed by atoms with Crippen molar-refractivity contribution in [3.8, 4) is 11.1 Å². The molecule has 0 aliphatic rings. The lowest BCUT2D eigenvalue weighted by atomic mass is 9.96. The molecular weight excluding hydrogens is 482 g/mol. The maximum absolute atomic E-state index is 14.2. The van der Waals surface area contributed by atoms with Crippen molar-refractivity contribution >= 4 is 52.4 Å². The van der Waals surface area contributed by atoms with Crippen molar-refractivity contribution in [3.05, 3.63) is 65.7 Å². The molecule has 11 heteroatoms. The Morgan fingerprint density at radius 1 is 1.15 bits per heavy atom. The van der Waals surface area contributed by atoms with Crippen LogP contribution in [0.3, 0.4) is 0 Å². The zero-order valence-electron chi connectivity index (χ0n) is 18.7. The van der Waals surface area contributed by atoms with Crippen LogP contribution in [0.5, 0.6) is 0 Å². The Bertz CT molecular complexity index is 1270. The van der Waals surface area contributed by atoms with E-state index in [-0.39, 0.29) is 36.9 Å². The van der Waals surface area contributed by atoms with Crippen molar-refractivity contribution in [1.29, 1.82) is 0 Å². The van der Waals surface area contributed by atoms with Crippen LogP contribution in [0.4, 0.5) is 20.4 Å². The van der Waals surface area contributed by atoms with E-state index in [1.54, 1.807) is 50.3 Å². The van der Waals surface area contributed by atoms with Gasteiger partial charge in [0.15, 0.2) is 5.82 Å². The molecule has 0 unspecified atom stereocenters. The van der Waals surface area contributed by atoms with Gasteiger partial charge in [-0.3, -0.25) is 10.1 Å². The molecule has 34 heavy (non-hydrogen) atoms. The molecule has 0 bridgehead atoms. The van der Waals surface area contributed by atoms with Crippen molar-refractivity contribution in [1.82, 2.24) is 9.97 Å². The Labute approximate surface area is 208 Å². The maximum Gasteiger partial charge on any atom is 0.232 e. The van der Waals surface area contributed by atoms with Crippen LogP contribution in [-0.4, -0.2) is 26.8 Å². The molecule has 7 nitrogen and oxygen atoms in total. The van der Waals surface area contributed by atoms with E-state index in [1.165, 1.54) is 12.3 Å². The summed E-state index contributed by atoms with van der Waals surface area (Å²) in [6.45, 7) is 5.35. The molecule has 2 heterocycles. The zero-order chi connectivity index (χ0) is 23.5. The zero-order valence-corrected chi connectivity index (χ0v) is 20.4. The summed E-state index contributed by atoms with van der Waals surface area (Å²) >= 11 is 5.70. The van der Waals surface area contributed by atoms with E-state index < -0.39 is 17.0 Å². The van der Waals surface area contributed by atoms with Crippen LogP contribution in [0.2, 0.25) is 0 Å². The third-order valence-corrected chi connectivity index (χ3v) is 5.54. The minimum Gasteiger partial charge on any atom is -0.412 e. The highest BCUT2D eigenvalue weighted by molar-refractivity contribution is 7.82. The molecule has 4 rings (SSSR count). The number of amides is 1. The van der Waals surface area contributed by atoms with Crippen molar-refractivity contribution in [2.45, 2.75) is 25.0 Å². The second-order valence-corrected chi connectivity index (χ2v) is 9.68. The fraction of sp³-hybridized carbons (Fsp3) is 0.174. The summed E-state index contributed by atoms with van der Waals surface area (Å²) < 4.78 is 29.4. The molecule has 0 atom stereocenters. The van der Waals surface area contributed by atoms with Crippen LogP contribution < -0.4 is 11.1 Å². The van der Waals surface area contributed by atoms with Crippen LogP contribution in [0.1, 0.15) is 23.6 Å². The number of nitrogens with two attached hydrogens (primary N) is 1. The number of thiophene rings is 1. The van der Waals surface area contributed by atoms with Gasteiger partial charge < -0.3 is 16.7 Å². The number of anilines is 2. The first-order valence-electron chi connectivity index (χ1n) is 9.61. The van der Waals surface area contributed by atoms with Crippen molar-refractivity contribution in [2.24, 2.45) is 5.41 Å². The molecule has 0 radical (unpaired) electrons. The Morgan fingerprint density at radius 3 is 2.41 bits per heavy atom. The summed E-state index contributed by atoms with van der Waals surface area (Å²) in [7, 11) is 0. The van der Waals surface area contributed by atoms with Crippen LogP contribution >= 0.6 is 24.0 Å². The van der Waals surface area contributed by atoms with Gasteiger partial charge in [0.2, 0.25) is 11.9 Å². The summed E-state index contributed by atoms with van der Waals surface area (Å²) in [5.41, 5.74) is 5.50. The fourth-order valence-corrected chi connectivity index (χ4v) is 3.36. The lowest BCUT2D eigenvalue weighted by Gasteiger charge is -2.16. The predicted octanol–water partition coefficient (Wildman–Crippen LogP) is 5.02. The van der Waals surface area contributed by atoms with Crippen LogP contribution in [0.25, 0.3) is 22.0 Å². The first kappa shape index (κ1) is 28.9. The molecule has 0 saturated carbocycles. The van der Waals surface area contributed by atoms with Gasteiger partial charge in [-0.15, -0.1) is 24.0 Å². The number of carbonyl (C=O) groups excluding carboxylic acids is 1. The number of hydrogen-bond acceptors (Lipinski definition) is 6. The summed E-state index contributed by atoms with van der Waals surface area (Å²) in [6, 6.07) is 11.0. The number of benzene rings is 2. The minimum atomic E-state index is -0.806. The highest BCUT2D eigenvalue weighted by Crippen LogP contribution is 2.31. The topological polar surface area (TPSA) is 144 Å². The van der Waals surface area contributed by atoms with Gasteiger partial charge in [0.25, 0.3) is 0 Å². The number of fused-ring (bicyclic) bond motifs is 1. The smallest absolute Gasteiger partial charge is 0.232 e. The second kappa shape index (κ2) is 11.8. The quantitative estimate of drug-likeness (QED) is 0.256. The summed E-state index contributed by atoms with van der Waals surface area (Å²) in [6.07, 6.45) is 1.49. The molecule has 0 spiro atoms. The van der Waals surface area contributed by atoms with Crippen molar-refractivity contribution in [3.63, 3.8) is 0 Å². The Kier molecular flexibility index (Phi) is 10.1. The highest BCUT2D eigenvalue weighted by Gasteiger charge is 2.22. The highest BCUT2D eigenvalue weighted by atomic mass is 32.2. The average molecular weight is 513 g/mol. The third kappa shape index (κ3) is 6.94. The molecule has 1 amide bonds. The number of nitrogens with one attached hydrogen (secondary N) is 1. The second-order valence-electron chi connectivity index (χ2n) is 7.95. The van der Waals surface area contributed by atoms with E-state index in [1.807, 2.05) is 17.5 Å². The summed E-state index contributed by atoms with van der Waals surface area (Å²) in [5.74, 6) is -1.55. The first-order chi connectivity index (χ1) is 15.1. The number of aromatic nitrogens is 2. The molecular formula is C23H30F2N4O3S2. The molecule has 2 aromatic carbocycles. The van der Waals surface area contributed by atoms with Gasteiger partial charge in [0, 0.05) is 19.9 Å². The van der Waals surface area contributed by atoms with Gasteiger partial charge in [-0.2, -0.15) is 0 Å². The van der Waals surface area contributed by atoms with Gasteiger partial charge >= 0.3 is 0 Å². The van der Waals surface area contributed by atoms with E-state index in [9.17, 15) is 13.6 Å². The van der Waals surface area contributed by atoms with Gasteiger partial charge in [0.1, 0.15) is 5.82 Å². The van der Waals surface area contributed by atoms with Gasteiger partial charge in [-0.05, 0) is 41.3 Å². The average Bonchev–Trinajstić information content (AvgIpc) is 3.22. The van der Waals surface area contributed by atoms with Crippen LogP contribution in [0, 0.1) is 17.0 Å². The summed E-state index contributed by atoms with van der Waals surface area (Å²) in [5, 5.41) is 5.23. The van der Waals surface area contributed by atoms with E-state index in [0.717, 1.165) is 10.3 Å². The molecule has 0 saturated heterocycles. The monoisotopic (exact) mass is 512 g/mol. The molecule has 4 aromatic rings. The number of nitrogens with zero attached hydrogens (tertiary/aromatic N) is 2. The van der Waals surface area contributed by atoms with Crippen LogP contribution in [0.15, 0.2) is 58.3 Å². The van der Waals surface area contributed by atoms with Gasteiger partial charge in [-0.1, -0.05) is 32.9 Å². The Balaban J connectivity index is 0. The normalized spacial score (nSPS) is 10.4. The molecule has 2 aromatic heterocycles. The Hall–Kier alpha value is -3.12. The number of nitrogen functional groups attached to an aromatic ring is 1. The van der Waals surface area contributed by atoms with E-state index in [4.69, 9.17) is 5.73 Å². The van der Waals surface area contributed by atoms with E-state index in [2.05, 4.69) is 27.9 Å². The number of hydrogen-bond donors (Lipinski definition) is 3. The Morgan fingerprint density at radius 2 is 1.85 bits per heavy atom. The first-order valence-corrected chi connectivity index (χ1v) is 10.9. The number of rotatable bonds is 2. The number of carbonyl (C=O) groups is 1. The fourth-order valence-electron chi connectivity index (χ4n) is 2.64. The van der Waals surface area contributed by atoms with Crippen molar-refractivity contribution in [2.75, 3.05) is 11.1 Å². The largest absolute Gasteiger partial charge is 0.412 e. The molecule has 0 fully saturated rings. The standard InChI is InChI=1S/C19H18F2N4O.C4H4S2.2H2O.2H2/c1-19(2,3)17(26)25-18-23-9-11-8-10(4-7-14(11)24-18)15-12(20)5-6-13(22)16(15)21;5-4-2-1-3-6-4;;;;/h4-9H,22H2,1-3H3,(H,23,24,25,26);1-3,5H;2*1H2;2*1H. The molecule has 0 aliphatic carbocycles. The van der Waals surface area contributed by atoms with Gasteiger partial charge in [-0.25, -0.2) is 18.7 Å².